The van der Waals surface area contributed by atoms with Gasteiger partial charge in [0.15, 0.2) is 0 Å². The lowest BCUT2D eigenvalue weighted by atomic mass is 10.1. The molecule has 0 aliphatic carbocycles. The van der Waals surface area contributed by atoms with E-state index >= 15 is 0 Å². The van der Waals surface area contributed by atoms with Gasteiger partial charge in [-0.25, -0.2) is 4.79 Å². The molecule has 0 atom stereocenters. The number of hydrogen-bond acceptors (Lipinski definition) is 4. The predicted octanol–water partition coefficient (Wildman–Crippen LogP) is -0.347. The average Bonchev–Trinajstić information content (AvgIpc) is 2.38. The summed E-state index contributed by atoms with van der Waals surface area (Å²) in [6.07, 6.45) is 3.53. The third-order valence-electron chi connectivity index (χ3n) is 3.09. The molecule has 1 aliphatic heterocycles. The molecule has 0 aromatic heterocycles. The number of hydrogen-bond donors (Lipinski definition) is 3. The van der Waals surface area contributed by atoms with E-state index in [1.807, 2.05) is 0 Å². The Morgan fingerprint density at radius 3 is 2.05 bits per heavy atom. The fourth-order valence-electron chi connectivity index (χ4n) is 2.14. The lowest BCUT2D eigenvalue weighted by Gasteiger charge is -2.27. The first-order chi connectivity index (χ1) is 9.49. The molecule has 0 spiro atoms. The fourth-order valence-corrected chi connectivity index (χ4v) is 2.14. The maximum atomic E-state index is 11.7. The highest BCUT2D eigenvalue weighted by molar-refractivity contribution is 5.84. The van der Waals surface area contributed by atoms with Crippen molar-refractivity contribution in [1.82, 2.24) is 15.1 Å². The molecule has 114 valence electrons. The van der Waals surface area contributed by atoms with Crippen LogP contribution >= 0.6 is 0 Å². The van der Waals surface area contributed by atoms with Gasteiger partial charge in [-0.15, -0.1) is 0 Å². The molecule has 1 heterocycles. The number of carbonyl (C=O) groups is 3. The Bertz CT molecular complexity index is 339. The zero-order valence-corrected chi connectivity index (χ0v) is 11.4. The number of nitrogens with zero attached hydrogens (tertiary/aromatic N) is 2. The van der Waals surface area contributed by atoms with Crippen molar-refractivity contribution in [3.63, 3.8) is 0 Å². The number of likely N-dealkylation sites (tertiary alicyclic amines) is 1. The Morgan fingerprint density at radius 2 is 1.55 bits per heavy atom. The highest BCUT2D eigenvalue weighted by Crippen LogP contribution is 2.07. The minimum atomic E-state index is -1.24. The lowest BCUT2D eigenvalue weighted by molar-refractivity contribution is -0.140. The number of nitrogens with one attached hydrogen (secondary N) is 1. The minimum Gasteiger partial charge on any atom is -0.480 e. The second-order valence-corrected chi connectivity index (χ2v) is 4.78. The van der Waals surface area contributed by atoms with Gasteiger partial charge < -0.3 is 25.3 Å². The van der Waals surface area contributed by atoms with E-state index in [4.69, 9.17) is 10.2 Å². The summed E-state index contributed by atoms with van der Waals surface area (Å²) in [6, 6.07) is -0.660. The van der Waals surface area contributed by atoms with Crippen LogP contribution < -0.4 is 5.32 Å². The lowest BCUT2D eigenvalue weighted by Crippen LogP contribution is -2.47. The number of urea groups is 1. The largest absolute Gasteiger partial charge is 0.480 e. The maximum Gasteiger partial charge on any atom is 0.323 e. The molecule has 8 nitrogen and oxygen atoms in total. The van der Waals surface area contributed by atoms with E-state index < -0.39 is 31.1 Å². The minimum absolute atomic E-state index is 0.384. The number of carboxylic acids is 2. The zero-order chi connectivity index (χ0) is 15.0. The van der Waals surface area contributed by atoms with Crippen LogP contribution in [0.1, 0.15) is 19.3 Å². The normalized spacial score (nSPS) is 15.6. The van der Waals surface area contributed by atoms with Crippen molar-refractivity contribution in [2.45, 2.75) is 19.3 Å². The summed E-state index contributed by atoms with van der Waals surface area (Å²) in [5.41, 5.74) is 0. The Balaban J connectivity index is 2.32. The van der Waals surface area contributed by atoms with Gasteiger partial charge in [-0.05, 0) is 25.9 Å². The van der Waals surface area contributed by atoms with Gasteiger partial charge in [0.25, 0.3) is 0 Å². The van der Waals surface area contributed by atoms with Crippen molar-refractivity contribution >= 4 is 18.0 Å². The third kappa shape index (κ3) is 6.37. The van der Waals surface area contributed by atoms with Crippen LogP contribution in [0.15, 0.2) is 0 Å². The molecule has 0 unspecified atom stereocenters. The molecular formula is C12H21N3O5. The van der Waals surface area contributed by atoms with Gasteiger partial charge in [0.05, 0.1) is 0 Å². The van der Waals surface area contributed by atoms with E-state index in [1.54, 1.807) is 0 Å². The van der Waals surface area contributed by atoms with Crippen LogP contribution in [-0.4, -0.2) is 77.3 Å². The molecular weight excluding hydrogens is 266 g/mol. The first-order valence-corrected chi connectivity index (χ1v) is 6.67. The number of piperidine rings is 1. The molecule has 0 radical (unpaired) electrons. The van der Waals surface area contributed by atoms with Crippen LogP contribution in [0.4, 0.5) is 4.79 Å². The number of aliphatic carboxylic acids is 2. The van der Waals surface area contributed by atoms with Gasteiger partial charge in [-0.2, -0.15) is 0 Å². The van der Waals surface area contributed by atoms with E-state index in [0.29, 0.717) is 13.1 Å². The van der Waals surface area contributed by atoms with Crippen LogP contribution in [0, 0.1) is 0 Å². The highest BCUT2D eigenvalue weighted by atomic mass is 16.4. The first kappa shape index (κ1) is 16.2. The van der Waals surface area contributed by atoms with Crippen LogP contribution in [-0.2, 0) is 9.59 Å². The Morgan fingerprint density at radius 1 is 1.00 bits per heavy atom. The van der Waals surface area contributed by atoms with Gasteiger partial charge in [-0.1, -0.05) is 6.42 Å². The molecule has 3 N–H and O–H groups in total. The molecule has 1 fully saturated rings. The van der Waals surface area contributed by atoms with Gasteiger partial charge in [0.2, 0.25) is 0 Å². The highest BCUT2D eigenvalue weighted by Gasteiger charge is 2.19. The molecule has 0 saturated carbocycles. The van der Waals surface area contributed by atoms with Crippen LogP contribution in [0.2, 0.25) is 0 Å². The maximum absolute atomic E-state index is 11.7. The second kappa shape index (κ2) is 8.36. The smallest absolute Gasteiger partial charge is 0.323 e. The van der Waals surface area contributed by atoms with Gasteiger partial charge in [0.1, 0.15) is 13.1 Å². The zero-order valence-electron chi connectivity index (χ0n) is 11.4. The monoisotopic (exact) mass is 287 g/mol. The number of carboxylic acid groups (broad SMARTS) is 2. The molecule has 1 saturated heterocycles. The molecule has 0 aromatic carbocycles. The van der Waals surface area contributed by atoms with Crippen LogP contribution in [0.3, 0.4) is 0 Å². The molecule has 2 amide bonds. The standard InChI is InChI=1S/C12H21N3O5/c16-10(17)8-15(9-11(18)19)12(20)13-4-7-14-5-2-1-3-6-14/h1-9H2,(H,13,20)(H,16,17)(H,18,19). The summed E-state index contributed by atoms with van der Waals surface area (Å²) < 4.78 is 0. The summed E-state index contributed by atoms with van der Waals surface area (Å²) in [7, 11) is 0. The predicted molar refractivity (Wildman–Crippen MR) is 70.5 cm³/mol. The second-order valence-electron chi connectivity index (χ2n) is 4.78. The van der Waals surface area contributed by atoms with Crippen molar-refractivity contribution in [3.8, 4) is 0 Å². The van der Waals surface area contributed by atoms with E-state index in [1.165, 1.54) is 6.42 Å². The van der Waals surface area contributed by atoms with E-state index in [2.05, 4.69) is 10.2 Å². The third-order valence-corrected chi connectivity index (χ3v) is 3.09. The Hall–Kier alpha value is -1.83. The van der Waals surface area contributed by atoms with Crippen LogP contribution in [0.25, 0.3) is 0 Å². The summed E-state index contributed by atoms with van der Waals surface area (Å²) in [5, 5.41) is 19.9. The topological polar surface area (TPSA) is 110 Å². The number of rotatable bonds is 7. The summed E-state index contributed by atoms with van der Waals surface area (Å²) in [5.74, 6) is -2.48. The molecule has 0 aromatic rings. The van der Waals surface area contributed by atoms with Crippen molar-refractivity contribution in [2.24, 2.45) is 0 Å². The fraction of sp³-hybridized carbons (Fsp3) is 0.750. The quantitative estimate of drug-likeness (QED) is 0.590. The van der Waals surface area contributed by atoms with Gasteiger partial charge in [-0.3, -0.25) is 9.59 Å². The first-order valence-electron chi connectivity index (χ1n) is 6.67. The van der Waals surface area contributed by atoms with E-state index in [-0.39, 0.29) is 0 Å². The SMILES string of the molecule is O=C(O)CN(CC(=O)O)C(=O)NCCN1CCCCC1. The van der Waals surface area contributed by atoms with E-state index in [9.17, 15) is 14.4 Å². The van der Waals surface area contributed by atoms with Crippen molar-refractivity contribution < 1.29 is 24.6 Å². The average molecular weight is 287 g/mol. The summed E-state index contributed by atoms with van der Waals surface area (Å²) in [6.45, 7) is 1.84. The summed E-state index contributed by atoms with van der Waals surface area (Å²) >= 11 is 0. The van der Waals surface area contributed by atoms with Crippen LogP contribution in [0.5, 0.6) is 0 Å². The van der Waals surface area contributed by atoms with E-state index in [0.717, 1.165) is 30.8 Å². The number of amides is 2. The Kier molecular flexibility index (Phi) is 6.78. The van der Waals surface area contributed by atoms with Gasteiger partial charge in [0, 0.05) is 13.1 Å². The van der Waals surface area contributed by atoms with Crippen molar-refractivity contribution in [3.05, 3.63) is 0 Å². The van der Waals surface area contributed by atoms with Gasteiger partial charge >= 0.3 is 18.0 Å². The molecule has 20 heavy (non-hydrogen) atoms. The Labute approximate surface area is 117 Å². The molecule has 8 heteroatoms. The van der Waals surface area contributed by atoms with Crippen molar-refractivity contribution in [1.29, 1.82) is 0 Å². The number of carbonyl (C=O) groups excluding carboxylic acids is 1. The molecule has 1 aliphatic rings. The summed E-state index contributed by atoms with van der Waals surface area (Å²) in [4.78, 5) is 35.9. The molecule has 0 bridgehead atoms. The molecule has 1 rings (SSSR count). The van der Waals surface area contributed by atoms with Crippen molar-refractivity contribution in [2.75, 3.05) is 39.3 Å².